The summed E-state index contributed by atoms with van der Waals surface area (Å²) in [6.07, 6.45) is -1.98. The number of aliphatic carboxylic acids is 8. The zero-order chi connectivity index (χ0) is 88.7. The van der Waals surface area contributed by atoms with Crippen molar-refractivity contribution < 1.29 is 160 Å². The number of aliphatic hydroxyl groups is 1. The van der Waals surface area contributed by atoms with Gasteiger partial charge >= 0.3 is 47.8 Å². The van der Waals surface area contributed by atoms with Gasteiger partial charge < -0.3 is 122 Å². The molecule has 654 valence electrons. The van der Waals surface area contributed by atoms with E-state index in [0.717, 1.165) is 0 Å². The molecule has 8 aromatic rings. The first kappa shape index (κ1) is 93.8. The monoisotopic (exact) mass is 1700 g/mol. The highest BCUT2D eigenvalue weighted by molar-refractivity contribution is 5.71. The van der Waals surface area contributed by atoms with E-state index in [2.05, 4.69) is 0 Å². The van der Waals surface area contributed by atoms with Crippen molar-refractivity contribution in [1.82, 2.24) is 0 Å². The lowest BCUT2D eigenvalue weighted by atomic mass is 10.0. The number of methoxy groups -OCH3 is 9. The molecule has 0 spiro atoms. The number of hydrogen-bond donors (Lipinski definition) is 9. The van der Waals surface area contributed by atoms with Gasteiger partial charge in [0.15, 0.2) is 92.0 Å². The molecule has 0 saturated carbocycles. The highest BCUT2D eigenvalue weighted by Gasteiger charge is 2.26. The fourth-order valence-electron chi connectivity index (χ4n) is 13.3. The van der Waals surface area contributed by atoms with Crippen LogP contribution in [0.2, 0.25) is 0 Å². The number of aliphatic hydroxyl groups excluding tert-OH is 1. The minimum atomic E-state index is -1.11. The van der Waals surface area contributed by atoms with Crippen molar-refractivity contribution in [3.63, 3.8) is 0 Å². The van der Waals surface area contributed by atoms with E-state index < -0.39 is 47.8 Å². The summed E-state index contributed by atoms with van der Waals surface area (Å²) in [5, 5.41) is 88.4. The predicted octanol–water partition coefficient (Wildman–Crippen LogP) is 12.4. The summed E-state index contributed by atoms with van der Waals surface area (Å²) in [6.45, 7) is -1.59. The Labute approximate surface area is 702 Å². The van der Waals surface area contributed by atoms with Gasteiger partial charge in [-0.2, -0.15) is 0 Å². The Kier molecular flexibility index (Phi) is 35.4. The first-order valence-corrected chi connectivity index (χ1v) is 38.4. The Morgan fingerprint density at radius 3 is 0.410 bits per heavy atom. The summed E-state index contributed by atoms with van der Waals surface area (Å²) in [7, 11) is 12.7. The van der Waals surface area contributed by atoms with Crippen LogP contribution in [0.3, 0.4) is 0 Å². The van der Waals surface area contributed by atoms with Crippen molar-refractivity contribution in [2.24, 2.45) is 0 Å². The summed E-state index contributed by atoms with van der Waals surface area (Å²) in [5.41, 5.74) is 8.03. The third kappa shape index (κ3) is 26.9. The number of carboxylic acids is 8. The van der Waals surface area contributed by atoms with Gasteiger partial charge in [-0.25, -0.2) is 0 Å². The fraction of sp³-hybridized carbons (Fsp3) is 0.371. The maximum absolute atomic E-state index is 12.2. The number of carbonyl (C=O) groups is 8. The third-order valence-corrected chi connectivity index (χ3v) is 19.8. The number of benzene rings is 8. The summed E-state index contributed by atoms with van der Waals surface area (Å²) < 4.78 is 96.3. The van der Waals surface area contributed by atoms with Crippen LogP contribution >= 0.6 is 0 Å². The smallest absolute Gasteiger partial charge is 0.303 e. The van der Waals surface area contributed by atoms with E-state index in [1.807, 2.05) is 0 Å². The first-order chi connectivity index (χ1) is 58.5. The van der Waals surface area contributed by atoms with E-state index in [9.17, 15) is 84.3 Å². The number of hydrogen-bond acceptors (Lipinski definition) is 25. The van der Waals surface area contributed by atoms with Crippen molar-refractivity contribution in [3.8, 4) is 92.0 Å². The number of rotatable bonds is 55. The second kappa shape index (κ2) is 46.0. The fourth-order valence-corrected chi connectivity index (χ4v) is 13.3. The minimum absolute atomic E-state index is 0.00903. The van der Waals surface area contributed by atoms with Gasteiger partial charge in [-0.3, -0.25) is 38.4 Å². The maximum atomic E-state index is 12.2. The molecular formula is C89H100O33. The maximum Gasteiger partial charge on any atom is 0.303 e. The van der Waals surface area contributed by atoms with Gasteiger partial charge in [0.2, 0.25) is 0 Å². The molecule has 0 radical (unpaired) electrons. The highest BCUT2D eigenvalue weighted by Crippen LogP contribution is 2.43. The van der Waals surface area contributed by atoms with Crippen LogP contribution in [0.5, 0.6) is 92.0 Å². The molecule has 0 atom stereocenters. The molecule has 0 heterocycles. The molecule has 0 aliphatic carbocycles. The first-order valence-electron chi connectivity index (χ1n) is 38.4. The van der Waals surface area contributed by atoms with Crippen LogP contribution in [0.1, 0.15) is 140 Å². The highest BCUT2D eigenvalue weighted by atomic mass is 16.6. The normalized spacial score (nSPS) is 10.9. The lowest BCUT2D eigenvalue weighted by Gasteiger charge is -2.21. The van der Waals surface area contributed by atoms with Gasteiger partial charge in [-0.05, 0) is 237 Å². The Morgan fingerprint density at radius 2 is 0.287 bits per heavy atom. The lowest BCUT2D eigenvalue weighted by molar-refractivity contribution is -0.138. The molecule has 8 rings (SSSR count). The zero-order valence-corrected chi connectivity index (χ0v) is 69.0. The SMILES string of the molecule is COc1cc(CCC(=O)O)c(COc2cc(CCC(=O)O)c(COc3cc(CCC(=O)O)c(COc4cc(CCC(=O)O)c(COc5cc(CCC(=O)O)c(COc6cc(CCC(=O)O)c(COc7cc(CCC(=O)O)c(COc8cc(CCC(=O)O)c(CO)cc8OC)cc7OC)cc6OC)cc5OC)cc4OC)cc3OC)cc2OC)cc1OC. The van der Waals surface area contributed by atoms with E-state index in [0.29, 0.717) is 101 Å². The Balaban J connectivity index is 1.03. The molecule has 0 unspecified atom stereocenters. The molecule has 0 amide bonds. The van der Waals surface area contributed by atoms with Crippen LogP contribution in [0, 0.1) is 0 Å². The summed E-state index contributed by atoms with van der Waals surface area (Å²) in [6, 6.07) is 25.9. The topological polar surface area (TPSA) is 466 Å². The minimum Gasteiger partial charge on any atom is -0.493 e. The zero-order valence-electron chi connectivity index (χ0n) is 69.0. The lowest BCUT2D eigenvalue weighted by Crippen LogP contribution is -2.10. The van der Waals surface area contributed by atoms with Gasteiger partial charge in [0.1, 0.15) is 46.2 Å². The summed E-state index contributed by atoms with van der Waals surface area (Å²) in [5.74, 6) is -4.97. The van der Waals surface area contributed by atoms with Crippen LogP contribution in [0.15, 0.2) is 97.1 Å². The van der Waals surface area contributed by atoms with E-state index in [1.54, 1.807) is 97.1 Å². The van der Waals surface area contributed by atoms with E-state index in [4.69, 9.17) is 75.8 Å². The van der Waals surface area contributed by atoms with Crippen LogP contribution < -0.4 is 75.8 Å². The Morgan fingerprint density at radius 1 is 0.180 bits per heavy atom. The number of ether oxygens (including phenoxy) is 16. The van der Waals surface area contributed by atoms with Crippen LogP contribution in [0.4, 0.5) is 0 Å². The molecule has 33 nitrogen and oxygen atoms in total. The summed E-state index contributed by atoms with van der Waals surface area (Å²) >= 11 is 0. The van der Waals surface area contributed by atoms with Crippen molar-refractivity contribution in [3.05, 3.63) is 186 Å². The standard InChI is InChI=1S/C89H100O33/c1-107-66-26-51(11-19-83(93)94)59(35-67(66)108-2)43-117-76-28-53(13-21-85(97)98)61(37-69(76)110-4)45-119-78-30-55(15-23-87(101)102)63(39-71(78)112-6)47-121-80-32-57(17-25-89(105)106)65(41-73(80)114-8)49-122-81-33-56(16-24-88(103)104)64(40-74(81)115-9)48-120-79-31-54(14-22-86(99)100)62(38-72(79)113-7)46-118-77-29-52(12-20-84(95)96)60(36-70(77)111-5)44-116-75-27-50(10-18-82(91)92)58(42-90)34-68(75)109-3/h26-41,90H,10-25,42-49H2,1-9H3,(H,91,92)(H,93,94)(H,95,96)(H,97,98)(H,99,100)(H,101,102)(H,103,104)(H,105,106). The molecule has 0 aliphatic rings. The largest absolute Gasteiger partial charge is 0.493 e. The average molecular weight is 1700 g/mol. The molecule has 8 aromatic carbocycles. The van der Waals surface area contributed by atoms with Crippen molar-refractivity contribution in [2.45, 2.75) is 156 Å². The van der Waals surface area contributed by atoms with Crippen LogP contribution in [-0.4, -0.2) is 158 Å². The van der Waals surface area contributed by atoms with Crippen molar-refractivity contribution in [2.75, 3.05) is 64.0 Å². The van der Waals surface area contributed by atoms with Gasteiger partial charge in [0.05, 0.1) is 70.6 Å². The molecule has 0 aliphatic heterocycles. The molecule has 0 fully saturated rings. The van der Waals surface area contributed by atoms with E-state index in [1.165, 1.54) is 64.0 Å². The van der Waals surface area contributed by atoms with Gasteiger partial charge in [0, 0.05) is 51.4 Å². The van der Waals surface area contributed by atoms with Crippen molar-refractivity contribution >= 4 is 47.8 Å². The molecule has 0 aromatic heterocycles. The number of carboxylic acid groups (broad SMARTS) is 8. The second-order valence-electron chi connectivity index (χ2n) is 27.7. The predicted molar refractivity (Wildman–Crippen MR) is 434 cm³/mol. The molecule has 0 saturated heterocycles. The average Bonchev–Trinajstić information content (AvgIpc) is 0.805. The Bertz CT molecular complexity index is 4980. The summed E-state index contributed by atoms with van der Waals surface area (Å²) in [4.78, 5) is 95.8. The molecule has 9 N–H and O–H groups in total. The molecule has 0 bridgehead atoms. The second-order valence-corrected chi connectivity index (χ2v) is 27.7. The van der Waals surface area contributed by atoms with Gasteiger partial charge in [-0.1, -0.05) is 0 Å². The van der Waals surface area contributed by atoms with Gasteiger partial charge in [0.25, 0.3) is 0 Å². The van der Waals surface area contributed by atoms with Crippen LogP contribution in [-0.2, 0) is 143 Å². The Hall–Kier alpha value is -13.7. The van der Waals surface area contributed by atoms with E-state index >= 15 is 0 Å². The quantitative estimate of drug-likeness (QED) is 0.0171. The molecule has 33 heteroatoms. The third-order valence-electron chi connectivity index (χ3n) is 19.8. The van der Waals surface area contributed by atoms with Crippen molar-refractivity contribution in [1.29, 1.82) is 0 Å². The van der Waals surface area contributed by atoms with Gasteiger partial charge in [-0.15, -0.1) is 0 Å². The molecule has 122 heavy (non-hydrogen) atoms. The van der Waals surface area contributed by atoms with E-state index in [-0.39, 0.29) is 236 Å². The molecular weight excluding hydrogens is 1600 g/mol. The van der Waals surface area contributed by atoms with Crippen LogP contribution in [0.25, 0.3) is 0 Å². The number of aryl methyl sites for hydroxylation is 8.